The van der Waals surface area contributed by atoms with Crippen LogP contribution < -0.4 is 4.90 Å². The van der Waals surface area contributed by atoms with Crippen LogP contribution in [-0.2, 0) is 15.3 Å². The van der Waals surface area contributed by atoms with Crippen LogP contribution in [0.4, 0.5) is 9.52 Å². The Morgan fingerprint density at radius 1 is 1.02 bits per heavy atom. The summed E-state index contributed by atoms with van der Waals surface area (Å²) in [5, 5.41) is 20.1. The number of fused-ring (bicyclic) bond motifs is 1. The summed E-state index contributed by atoms with van der Waals surface area (Å²) >= 11 is 2.56. The monoisotopic (exact) mass is 571 g/mol. The van der Waals surface area contributed by atoms with Crippen molar-refractivity contribution >= 4 is 51.3 Å². The number of Topliss-reactive ketones (excluding diaryl/α,β-unsaturated/α-hetero) is 1. The highest BCUT2D eigenvalue weighted by atomic mass is 32.2. The maximum Gasteiger partial charge on any atom is 0.301 e. The van der Waals surface area contributed by atoms with Crippen molar-refractivity contribution in [2.75, 3.05) is 4.90 Å². The Morgan fingerprint density at radius 2 is 1.77 bits per heavy atom. The number of rotatable bonds is 6. The highest BCUT2D eigenvalue weighted by Gasteiger charge is 2.49. The van der Waals surface area contributed by atoms with Crippen LogP contribution in [0.15, 0.2) is 82.8 Å². The molecule has 1 aliphatic rings. The number of aliphatic hydroxyl groups excluding tert-OH is 1. The minimum atomic E-state index is -1.26. The minimum Gasteiger partial charge on any atom is -0.505 e. The molecule has 1 N–H and O–H groups in total. The van der Waals surface area contributed by atoms with E-state index in [1.807, 2.05) is 49.4 Å². The lowest BCUT2D eigenvalue weighted by Crippen LogP contribution is -2.29. The summed E-state index contributed by atoms with van der Waals surface area (Å²) in [4.78, 5) is 32.6. The Kier molecular flexibility index (Phi) is 6.68. The second-order valence-corrected chi connectivity index (χ2v) is 11.4. The summed E-state index contributed by atoms with van der Waals surface area (Å²) in [6.07, 6.45) is 1.80. The molecule has 11 heteroatoms. The second kappa shape index (κ2) is 10.3. The average Bonchev–Trinajstić information content (AvgIpc) is 3.63. The average molecular weight is 572 g/mol. The van der Waals surface area contributed by atoms with Crippen molar-refractivity contribution in [1.29, 1.82) is 0 Å². The van der Waals surface area contributed by atoms with Crippen LogP contribution in [0.2, 0.25) is 0 Å². The van der Waals surface area contributed by atoms with Crippen LogP contribution >= 0.6 is 23.1 Å². The number of benzene rings is 2. The first-order valence-corrected chi connectivity index (χ1v) is 14.2. The van der Waals surface area contributed by atoms with Gasteiger partial charge in [-0.25, -0.2) is 9.37 Å². The predicted molar refractivity (Wildman–Crippen MR) is 152 cm³/mol. The van der Waals surface area contributed by atoms with Gasteiger partial charge in [0.2, 0.25) is 5.13 Å². The van der Waals surface area contributed by atoms with Gasteiger partial charge >= 0.3 is 5.91 Å². The van der Waals surface area contributed by atoms with Gasteiger partial charge in [-0.2, -0.15) is 0 Å². The fourth-order valence-corrected chi connectivity index (χ4v) is 6.60. The number of carbonyl (C=O) groups is 2. The highest BCUT2D eigenvalue weighted by Crippen LogP contribution is 2.44. The molecule has 1 saturated heterocycles. The van der Waals surface area contributed by atoms with E-state index in [1.54, 1.807) is 23.6 Å². The molecule has 1 aliphatic heterocycles. The minimum absolute atomic E-state index is 0.0505. The van der Waals surface area contributed by atoms with Gasteiger partial charge in [0.25, 0.3) is 5.78 Å². The Hall–Kier alpha value is -4.35. The van der Waals surface area contributed by atoms with E-state index in [9.17, 15) is 14.7 Å². The number of aryl methyl sites for hydroxylation is 2. The number of nitrogens with zero attached hydrogens (tertiary/aromatic N) is 5. The fraction of sp³-hybridized carbons (Fsp3) is 0.138. The van der Waals surface area contributed by atoms with Gasteiger partial charge in [0.05, 0.1) is 11.3 Å². The lowest BCUT2D eigenvalue weighted by atomic mass is 9.96. The third-order valence-corrected chi connectivity index (χ3v) is 8.89. The first-order valence-electron chi connectivity index (χ1n) is 12.4. The smallest absolute Gasteiger partial charge is 0.301 e. The van der Waals surface area contributed by atoms with E-state index in [0.29, 0.717) is 21.4 Å². The van der Waals surface area contributed by atoms with Crippen LogP contribution in [0.25, 0.3) is 11.4 Å². The number of thioether (sulfide) groups is 1. The summed E-state index contributed by atoms with van der Waals surface area (Å²) in [5.41, 5.74) is 3.07. The Morgan fingerprint density at radius 3 is 2.52 bits per heavy atom. The molecule has 8 nitrogen and oxygen atoms in total. The summed E-state index contributed by atoms with van der Waals surface area (Å²) in [5.74, 6) is -2.35. The predicted octanol–water partition coefficient (Wildman–Crippen LogP) is 5.86. The van der Waals surface area contributed by atoms with Crippen molar-refractivity contribution in [3.63, 3.8) is 0 Å². The van der Waals surface area contributed by atoms with E-state index in [1.165, 1.54) is 30.0 Å². The van der Waals surface area contributed by atoms with Crippen molar-refractivity contribution in [3.8, 4) is 0 Å². The van der Waals surface area contributed by atoms with E-state index in [4.69, 9.17) is 0 Å². The lowest BCUT2D eigenvalue weighted by Gasteiger charge is -2.22. The summed E-state index contributed by atoms with van der Waals surface area (Å²) < 4.78 is 17.6. The number of hydrogen-bond donors (Lipinski definition) is 1. The molecule has 0 saturated carbocycles. The zero-order valence-corrected chi connectivity index (χ0v) is 23.0. The van der Waals surface area contributed by atoms with E-state index in [-0.39, 0.29) is 22.0 Å². The summed E-state index contributed by atoms with van der Waals surface area (Å²) in [6.45, 7) is 3.64. The number of halogens is 1. The molecule has 2 aromatic carbocycles. The van der Waals surface area contributed by atoms with E-state index in [0.717, 1.165) is 27.4 Å². The molecule has 3 aromatic heterocycles. The first-order chi connectivity index (χ1) is 19.3. The van der Waals surface area contributed by atoms with Gasteiger partial charge in [-0.1, -0.05) is 77.7 Å². The zero-order valence-electron chi connectivity index (χ0n) is 21.4. The number of aromatic nitrogens is 4. The molecule has 0 aliphatic carbocycles. The molecule has 0 radical (unpaired) electrons. The van der Waals surface area contributed by atoms with Gasteiger partial charge in [0, 0.05) is 17.5 Å². The zero-order chi connectivity index (χ0) is 28.0. The van der Waals surface area contributed by atoms with Gasteiger partial charge in [0.15, 0.2) is 10.1 Å². The quantitative estimate of drug-likeness (QED) is 0.0896. The Balaban J connectivity index is 1.46. The van der Waals surface area contributed by atoms with E-state index < -0.39 is 29.3 Å². The number of pyridine rings is 1. The summed E-state index contributed by atoms with van der Waals surface area (Å²) in [7, 11) is 0. The molecular formula is C29H22FN5O3S2. The van der Waals surface area contributed by atoms with Crippen LogP contribution in [0, 0.1) is 19.7 Å². The van der Waals surface area contributed by atoms with E-state index >= 15 is 4.39 Å². The van der Waals surface area contributed by atoms with Crippen molar-refractivity contribution in [3.05, 3.63) is 112 Å². The molecule has 1 atom stereocenters. The lowest BCUT2D eigenvalue weighted by molar-refractivity contribution is -0.132. The van der Waals surface area contributed by atoms with Crippen LogP contribution in [0.1, 0.15) is 34.1 Å². The molecule has 200 valence electrons. The van der Waals surface area contributed by atoms with Crippen molar-refractivity contribution in [2.24, 2.45) is 0 Å². The third-order valence-electron chi connectivity index (χ3n) is 6.76. The van der Waals surface area contributed by atoms with Crippen molar-refractivity contribution in [2.45, 2.75) is 30.0 Å². The number of aliphatic hydroxyl groups is 1. The second-order valence-electron chi connectivity index (χ2n) is 9.25. The highest BCUT2D eigenvalue weighted by molar-refractivity contribution is 8.00. The third kappa shape index (κ3) is 4.37. The number of carbonyl (C=O) groups excluding carboxylic acids is 2. The van der Waals surface area contributed by atoms with Crippen LogP contribution in [0.3, 0.4) is 0 Å². The van der Waals surface area contributed by atoms with Gasteiger partial charge in [0.1, 0.15) is 23.2 Å². The van der Waals surface area contributed by atoms with Gasteiger partial charge in [-0.05, 0) is 37.1 Å². The Bertz CT molecular complexity index is 1820. The topological polar surface area (TPSA) is 101 Å². The molecule has 0 bridgehead atoms. The maximum absolute atomic E-state index is 15.2. The van der Waals surface area contributed by atoms with Crippen molar-refractivity contribution < 1.29 is 19.1 Å². The Labute approximate surface area is 236 Å². The van der Waals surface area contributed by atoms with Gasteiger partial charge in [-0.15, -0.1) is 10.2 Å². The number of hydrogen-bond acceptors (Lipinski definition) is 8. The van der Waals surface area contributed by atoms with Crippen LogP contribution in [-0.4, -0.2) is 36.4 Å². The van der Waals surface area contributed by atoms with E-state index in [2.05, 4.69) is 15.2 Å². The van der Waals surface area contributed by atoms with Gasteiger partial charge in [-0.3, -0.25) is 14.5 Å². The number of amides is 1. The van der Waals surface area contributed by atoms with Gasteiger partial charge < -0.3 is 9.51 Å². The molecule has 6 rings (SSSR count). The summed E-state index contributed by atoms with van der Waals surface area (Å²) in [6, 6.07) is 18.1. The largest absolute Gasteiger partial charge is 0.505 e. The number of ketones is 1. The number of anilines is 1. The number of imidazole rings is 1. The van der Waals surface area contributed by atoms with Crippen molar-refractivity contribution in [1.82, 2.24) is 19.6 Å². The molecule has 1 unspecified atom stereocenters. The molecule has 1 fully saturated rings. The molecular weight excluding hydrogens is 549 g/mol. The maximum atomic E-state index is 15.2. The normalized spacial score (nSPS) is 16.8. The standard InChI is InChI=1S/C29H22FN5O3S2/c1-16-9-8-14-34-17(2)22(31-26(16)34)24(36)21-23(19-12-6-7-13-20(19)30)35(27(38)25(21)37)28-32-33-29(40-28)39-15-18-10-4-3-5-11-18/h3-14,23,36H,15H2,1-2H3/b24-21+. The molecule has 4 heterocycles. The molecule has 40 heavy (non-hydrogen) atoms. The first kappa shape index (κ1) is 25.9. The van der Waals surface area contributed by atoms with Crippen LogP contribution in [0.5, 0.6) is 0 Å². The fourth-order valence-electron chi connectivity index (χ4n) is 4.77. The molecule has 1 amide bonds. The SMILES string of the molecule is Cc1cccn2c(C)c(/C(O)=C3\C(=O)C(=O)N(c4nnc(SCc5ccccc5)s4)C3c3ccccc3F)nc12. The molecule has 0 spiro atoms. The molecule has 5 aromatic rings.